The van der Waals surface area contributed by atoms with Crippen molar-refractivity contribution in [1.82, 2.24) is 24.4 Å². The molecule has 3 aromatic heterocycles. The Bertz CT molecular complexity index is 1870. The molecule has 0 atom stereocenters. The normalized spacial score (nSPS) is 23.6. The zero-order chi connectivity index (χ0) is 32.7. The Balaban J connectivity index is 1.19. The molecule has 8 rings (SSSR count). The van der Waals surface area contributed by atoms with Crippen molar-refractivity contribution in [3.63, 3.8) is 0 Å². The van der Waals surface area contributed by atoms with Crippen LogP contribution in [-0.4, -0.2) is 55.5 Å². The average molecular weight is 640 g/mol. The van der Waals surface area contributed by atoms with E-state index in [1.807, 2.05) is 24.5 Å². The summed E-state index contributed by atoms with van der Waals surface area (Å²) in [7, 11) is 0. The third-order valence-corrected chi connectivity index (χ3v) is 11.3. The molecule has 1 amide bonds. The van der Waals surface area contributed by atoms with Gasteiger partial charge in [-0.1, -0.05) is 45.2 Å². The monoisotopic (exact) mass is 639 g/mol. The summed E-state index contributed by atoms with van der Waals surface area (Å²) in [4.78, 5) is 32.3. The van der Waals surface area contributed by atoms with Gasteiger partial charge < -0.3 is 14.8 Å². The van der Waals surface area contributed by atoms with Crippen LogP contribution in [0.25, 0.3) is 22.3 Å². The summed E-state index contributed by atoms with van der Waals surface area (Å²) in [6.45, 7) is 11.0. The van der Waals surface area contributed by atoms with Crippen molar-refractivity contribution in [3.8, 4) is 11.3 Å². The summed E-state index contributed by atoms with van der Waals surface area (Å²) < 4.78 is 30.3. The van der Waals surface area contributed by atoms with Gasteiger partial charge in [0.2, 0.25) is 17.8 Å². The summed E-state index contributed by atoms with van der Waals surface area (Å²) in [5.41, 5.74) is 5.06. The maximum atomic E-state index is 14.7. The van der Waals surface area contributed by atoms with Gasteiger partial charge in [0, 0.05) is 35.9 Å². The maximum Gasteiger partial charge on any atom is 0.239 e. The second kappa shape index (κ2) is 11.1. The van der Waals surface area contributed by atoms with Crippen molar-refractivity contribution in [3.05, 3.63) is 60.2 Å². The Labute approximate surface area is 274 Å². The van der Waals surface area contributed by atoms with Crippen molar-refractivity contribution in [2.45, 2.75) is 103 Å². The van der Waals surface area contributed by atoms with Crippen LogP contribution in [0.2, 0.25) is 0 Å². The van der Waals surface area contributed by atoms with E-state index in [0.717, 1.165) is 80.0 Å². The molecule has 2 aliphatic heterocycles. The van der Waals surface area contributed by atoms with E-state index in [9.17, 15) is 13.6 Å². The molecule has 1 N–H and O–H groups in total. The van der Waals surface area contributed by atoms with Gasteiger partial charge in [0.05, 0.1) is 28.6 Å². The number of fused-ring (bicyclic) bond motifs is 3. The first-order chi connectivity index (χ1) is 22.5. The molecule has 1 aromatic carbocycles. The second-order valence-electron chi connectivity index (χ2n) is 15.3. The van der Waals surface area contributed by atoms with Crippen LogP contribution in [0.15, 0.2) is 42.7 Å². The number of carbonyl (C=O) groups excluding carboxylic acids is 1. The molecule has 2 aliphatic carbocycles. The summed E-state index contributed by atoms with van der Waals surface area (Å²) in [5.74, 6) is -1.15. The fourth-order valence-corrected chi connectivity index (χ4v) is 8.60. The Morgan fingerprint density at radius 3 is 2.45 bits per heavy atom. The molecule has 246 valence electrons. The van der Waals surface area contributed by atoms with Crippen molar-refractivity contribution in [1.29, 1.82) is 0 Å². The standard InChI is InChI=1S/C37H43F2N7O/c1-22(2)45-21-40-29-19-28(42-34(32(29)45)41-27-10-11-31(38)43-33(27)39)23-8-9-26-30(16-23)46(35(47)37(26)12-6-5-7-13-37)25-17-24(18-25)44-15-14-36(3,4)20-44/h8-11,16,19,21-22,24-25H,5-7,12-15,17-18,20H2,1-4H3,(H,41,42). The Hall–Kier alpha value is -3.92. The van der Waals surface area contributed by atoms with E-state index in [1.54, 1.807) is 6.33 Å². The number of hydrogen-bond acceptors (Lipinski definition) is 6. The van der Waals surface area contributed by atoms with Crippen LogP contribution in [0.3, 0.4) is 0 Å². The molecule has 4 aliphatic rings. The van der Waals surface area contributed by atoms with E-state index in [1.165, 1.54) is 18.9 Å². The fourth-order valence-electron chi connectivity index (χ4n) is 8.60. The number of likely N-dealkylation sites (tertiary alicyclic amines) is 1. The van der Waals surface area contributed by atoms with Gasteiger partial charge in [-0.3, -0.25) is 9.69 Å². The third-order valence-electron chi connectivity index (χ3n) is 11.3. The van der Waals surface area contributed by atoms with Crippen molar-refractivity contribution in [2.24, 2.45) is 5.41 Å². The minimum Gasteiger partial charge on any atom is -0.335 e. The number of amides is 1. The number of rotatable bonds is 6. The first-order valence-electron chi connectivity index (χ1n) is 17.2. The highest BCUT2D eigenvalue weighted by molar-refractivity contribution is 6.09. The van der Waals surface area contributed by atoms with Gasteiger partial charge in [-0.15, -0.1) is 0 Å². The van der Waals surface area contributed by atoms with E-state index in [2.05, 4.69) is 57.1 Å². The van der Waals surface area contributed by atoms with Gasteiger partial charge in [-0.2, -0.15) is 13.8 Å². The zero-order valence-corrected chi connectivity index (χ0v) is 27.7. The van der Waals surface area contributed by atoms with Gasteiger partial charge in [-0.05, 0) is 87.7 Å². The zero-order valence-electron chi connectivity index (χ0n) is 27.7. The van der Waals surface area contributed by atoms with Crippen LogP contribution in [-0.2, 0) is 10.2 Å². The van der Waals surface area contributed by atoms with E-state index >= 15 is 0 Å². The number of imidazole rings is 1. The number of pyridine rings is 2. The third kappa shape index (κ3) is 5.02. The van der Waals surface area contributed by atoms with Gasteiger partial charge in [0.25, 0.3) is 0 Å². The quantitative estimate of drug-likeness (QED) is 0.216. The summed E-state index contributed by atoms with van der Waals surface area (Å²) in [6.07, 6.45) is 10.1. The molecular weight excluding hydrogens is 596 g/mol. The lowest BCUT2D eigenvalue weighted by Crippen LogP contribution is -2.56. The summed E-state index contributed by atoms with van der Waals surface area (Å²) >= 11 is 0. The number of nitrogens with one attached hydrogen (secondary N) is 1. The Morgan fingerprint density at radius 1 is 0.957 bits per heavy atom. The van der Waals surface area contributed by atoms with Crippen LogP contribution < -0.4 is 10.2 Å². The van der Waals surface area contributed by atoms with Crippen LogP contribution in [0.4, 0.5) is 26.0 Å². The number of carbonyl (C=O) groups is 1. The Kier molecular flexibility index (Phi) is 7.17. The minimum absolute atomic E-state index is 0.0275. The predicted octanol–water partition coefficient (Wildman–Crippen LogP) is 7.91. The lowest BCUT2D eigenvalue weighted by molar-refractivity contribution is -0.125. The molecule has 0 radical (unpaired) electrons. The smallest absolute Gasteiger partial charge is 0.239 e. The van der Waals surface area contributed by atoms with Crippen molar-refractivity contribution < 1.29 is 13.6 Å². The molecule has 2 saturated carbocycles. The number of anilines is 3. The van der Waals surface area contributed by atoms with E-state index in [-0.39, 0.29) is 23.7 Å². The van der Waals surface area contributed by atoms with Crippen LogP contribution >= 0.6 is 0 Å². The molecule has 4 aromatic rings. The van der Waals surface area contributed by atoms with E-state index in [0.29, 0.717) is 28.5 Å². The molecule has 1 saturated heterocycles. The lowest BCUT2D eigenvalue weighted by atomic mass is 9.70. The van der Waals surface area contributed by atoms with Crippen molar-refractivity contribution >= 4 is 34.1 Å². The van der Waals surface area contributed by atoms with E-state index < -0.39 is 17.3 Å². The molecule has 5 heterocycles. The van der Waals surface area contributed by atoms with Crippen LogP contribution in [0.1, 0.15) is 90.7 Å². The largest absolute Gasteiger partial charge is 0.335 e. The topological polar surface area (TPSA) is 79.2 Å². The molecule has 0 unspecified atom stereocenters. The van der Waals surface area contributed by atoms with Crippen LogP contribution in [0, 0.1) is 17.3 Å². The molecule has 0 bridgehead atoms. The maximum absolute atomic E-state index is 14.7. The summed E-state index contributed by atoms with van der Waals surface area (Å²) in [5, 5.41) is 3.08. The molecular formula is C37H43F2N7O. The Morgan fingerprint density at radius 2 is 1.74 bits per heavy atom. The fraction of sp³-hybridized carbons (Fsp3) is 0.514. The molecule has 47 heavy (non-hydrogen) atoms. The SMILES string of the molecule is CC(C)n1cnc2cc(-c3ccc4c(c3)N(C3CC(N5CCC(C)(C)C5)C3)C(=O)C43CCCCC3)nc(Nc3ccc(F)nc3F)c21. The van der Waals surface area contributed by atoms with Gasteiger partial charge in [-0.25, -0.2) is 9.97 Å². The highest BCUT2D eigenvalue weighted by Crippen LogP contribution is 2.54. The van der Waals surface area contributed by atoms with Crippen LogP contribution in [0.5, 0.6) is 0 Å². The second-order valence-corrected chi connectivity index (χ2v) is 15.3. The number of aromatic nitrogens is 4. The average Bonchev–Trinajstić information content (AvgIpc) is 3.68. The number of benzene rings is 1. The number of halogens is 2. The van der Waals surface area contributed by atoms with Gasteiger partial charge in [0.15, 0.2) is 5.82 Å². The molecule has 1 spiro atoms. The lowest BCUT2D eigenvalue weighted by Gasteiger charge is -2.46. The minimum atomic E-state index is -0.943. The molecule has 8 nitrogen and oxygen atoms in total. The first kappa shape index (κ1) is 30.4. The van der Waals surface area contributed by atoms with Gasteiger partial charge >= 0.3 is 0 Å². The first-order valence-corrected chi connectivity index (χ1v) is 17.2. The predicted molar refractivity (Wildman–Crippen MR) is 180 cm³/mol. The molecule has 10 heteroatoms. The van der Waals surface area contributed by atoms with Crippen molar-refractivity contribution in [2.75, 3.05) is 23.3 Å². The van der Waals surface area contributed by atoms with E-state index in [4.69, 9.17) is 4.98 Å². The summed E-state index contributed by atoms with van der Waals surface area (Å²) in [6, 6.07) is 11.6. The highest BCUT2D eigenvalue weighted by Gasteiger charge is 2.55. The highest BCUT2D eigenvalue weighted by atomic mass is 19.1. The number of nitrogens with zero attached hydrogens (tertiary/aromatic N) is 6. The van der Waals surface area contributed by atoms with Gasteiger partial charge in [0.1, 0.15) is 5.52 Å². The number of hydrogen-bond donors (Lipinski definition) is 1. The molecule has 3 fully saturated rings.